The highest BCUT2D eigenvalue weighted by Gasteiger charge is 2.37. The zero-order chi connectivity index (χ0) is 21.6. The van der Waals surface area contributed by atoms with Gasteiger partial charge < -0.3 is 9.90 Å². The zero-order valence-electron chi connectivity index (χ0n) is 16.3. The molecule has 0 unspecified atom stereocenters. The van der Waals surface area contributed by atoms with Crippen molar-refractivity contribution in [3.63, 3.8) is 0 Å². The number of aryl methyl sites for hydroxylation is 2. The van der Waals surface area contributed by atoms with Gasteiger partial charge in [0.25, 0.3) is 11.8 Å². The van der Waals surface area contributed by atoms with Crippen LogP contribution < -0.4 is 10.0 Å². The average molecular weight is 398 g/mol. The van der Waals surface area contributed by atoms with Crippen LogP contribution in [0.5, 0.6) is 0 Å². The fraction of sp³-hybridized carbons (Fsp3) is 0.0833. The van der Waals surface area contributed by atoms with Crippen molar-refractivity contribution < 1.29 is 24.3 Å². The minimum Gasteiger partial charge on any atom is -0.545 e. The van der Waals surface area contributed by atoms with Crippen LogP contribution in [0.3, 0.4) is 0 Å². The molecule has 0 N–H and O–H groups in total. The number of carboxylic acids is 1. The van der Waals surface area contributed by atoms with E-state index in [2.05, 4.69) is 0 Å². The van der Waals surface area contributed by atoms with Gasteiger partial charge in [-0.15, -0.1) is 0 Å². The summed E-state index contributed by atoms with van der Waals surface area (Å²) in [5, 5.41) is 10.9. The molecule has 2 amide bonds. The van der Waals surface area contributed by atoms with Gasteiger partial charge in [0.05, 0.1) is 22.8 Å². The molecular weight excluding hydrogens is 382 g/mol. The summed E-state index contributed by atoms with van der Waals surface area (Å²) in [6, 6.07) is 15.0. The Hall–Kier alpha value is -4.06. The summed E-state index contributed by atoms with van der Waals surface area (Å²) in [4.78, 5) is 50.5. The molecule has 0 bridgehead atoms. The first-order valence-electron chi connectivity index (χ1n) is 9.24. The average Bonchev–Trinajstić information content (AvgIpc) is 2.99. The van der Waals surface area contributed by atoms with Gasteiger partial charge >= 0.3 is 0 Å². The Kier molecular flexibility index (Phi) is 4.54. The molecule has 1 aliphatic heterocycles. The van der Waals surface area contributed by atoms with Gasteiger partial charge in [-0.2, -0.15) is 0 Å². The van der Waals surface area contributed by atoms with Crippen molar-refractivity contribution in [2.75, 3.05) is 4.90 Å². The molecule has 1 aliphatic rings. The smallest absolute Gasteiger partial charge is 0.266 e. The van der Waals surface area contributed by atoms with Gasteiger partial charge in [0.15, 0.2) is 5.78 Å². The number of fused-ring (bicyclic) bond motifs is 1. The Bertz CT molecular complexity index is 1240. The van der Waals surface area contributed by atoms with Crippen LogP contribution >= 0.6 is 0 Å². The van der Waals surface area contributed by atoms with Crippen LogP contribution in [0.1, 0.15) is 58.1 Å². The SMILES string of the molecule is Cc1ccc(N2C(=O)c3ccc(C(=O)c4ccc(C(=O)[O-])cc4)cc3C2=O)cc1C. The predicted molar refractivity (Wildman–Crippen MR) is 108 cm³/mol. The second kappa shape index (κ2) is 7.08. The first kappa shape index (κ1) is 19.3. The number of anilines is 1. The van der Waals surface area contributed by atoms with Crippen LogP contribution in [0.4, 0.5) is 5.69 Å². The second-order valence-corrected chi connectivity index (χ2v) is 7.17. The quantitative estimate of drug-likeness (QED) is 0.497. The van der Waals surface area contributed by atoms with Crippen molar-refractivity contribution in [1.29, 1.82) is 0 Å². The Labute approximate surface area is 172 Å². The molecule has 6 heteroatoms. The standard InChI is InChI=1S/C24H17NO5/c1-13-3-9-18(11-14(13)2)25-22(27)19-10-8-17(12-20(19)23(25)28)21(26)15-4-6-16(7-5-15)24(29)30/h3-12H,1-2H3,(H,29,30)/p-1. The largest absolute Gasteiger partial charge is 0.545 e. The predicted octanol–water partition coefficient (Wildman–Crippen LogP) is 2.70. The van der Waals surface area contributed by atoms with Crippen molar-refractivity contribution in [2.24, 2.45) is 0 Å². The molecule has 6 nitrogen and oxygen atoms in total. The number of amides is 2. The summed E-state index contributed by atoms with van der Waals surface area (Å²) >= 11 is 0. The Morgan fingerprint density at radius 1 is 0.700 bits per heavy atom. The zero-order valence-corrected chi connectivity index (χ0v) is 16.3. The minimum atomic E-state index is -1.33. The van der Waals surface area contributed by atoms with Crippen LogP contribution in [0, 0.1) is 13.8 Å². The summed E-state index contributed by atoms with van der Waals surface area (Å²) in [6.45, 7) is 3.85. The molecule has 0 spiro atoms. The van der Waals surface area contributed by atoms with Crippen LogP contribution in [-0.4, -0.2) is 23.6 Å². The maximum Gasteiger partial charge on any atom is 0.266 e. The molecule has 0 saturated carbocycles. The third kappa shape index (κ3) is 3.08. The van der Waals surface area contributed by atoms with E-state index in [9.17, 15) is 24.3 Å². The van der Waals surface area contributed by atoms with Gasteiger partial charge in [-0.1, -0.05) is 36.4 Å². The first-order valence-corrected chi connectivity index (χ1v) is 9.24. The molecule has 0 aromatic heterocycles. The topological polar surface area (TPSA) is 94.6 Å². The monoisotopic (exact) mass is 398 g/mol. The lowest BCUT2D eigenvalue weighted by atomic mass is 9.98. The number of nitrogens with zero attached hydrogens (tertiary/aromatic N) is 1. The Morgan fingerprint density at radius 3 is 1.93 bits per heavy atom. The maximum atomic E-state index is 13.0. The van der Waals surface area contributed by atoms with Crippen LogP contribution in [0.2, 0.25) is 0 Å². The van der Waals surface area contributed by atoms with Crippen molar-refractivity contribution in [3.05, 3.63) is 99.6 Å². The fourth-order valence-electron chi connectivity index (χ4n) is 3.41. The highest BCUT2D eigenvalue weighted by atomic mass is 16.4. The van der Waals surface area contributed by atoms with E-state index < -0.39 is 17.8 Å². The van der Waals surface area contributed by atoms with E-state index in [-0.39, 0.29) is 33.6 Å². The summed E-state index contributed by atoms with van der Waals surface area (Å²) in [7, 11) is 0. The van der Waals surface area contributed by atoms with Gasteiger partial charge in [0.1, 0.15) is 0 Å². The first-order chi connectivity index (χ1) is 14.3. The number of rotatable bonds is 4. The summed E-state index contributed by atoms with van der Waals surface area (Å²) < 4.78 is 0. The second-order valence-electron chi connectivity index (χ2n) is 7.17. The van der Waals surface area contributed by atoms with E-state index in [4.69, 9.17) is 0 Å². The van der Waals surface area contributed by atoms with E-state index in [0.717, 1.165) is 16.0 Å². The Morgan fingerprint density at radius 2 is 1.30 bits per heavy atom. The van der Waals surface area contributed by atoms with Crippen LogP contribution in [0.25, 0.3) is 0 Å². The molecule has 0 fully saturated rings. The van der Waals surface area contributed by atoms with Gasteiger partial charge in [-0.25, -0.2) is 4.90 Å². The van der Waals surface area contributed by atoms with Crippen LogP contribution in [0.15, 0.2) is 60.7 Å². The summed E-state index contributed by atoms with van der Waals surface area (Å²) in [6.07, 6.45) is 0. The normalized spacial score (nSPS) is 12.8. The van der Waals surface area contributed by atoms with Gasteiger partial charge in [0, 0.05) is 11.1 Å². The number of imide groups is 1. The lowest BCUT2D eigenvalue weighted by Gasteiger charge is -2.15. The van der Waals surface area contributed by atoms with E-state index in [1.807, 2.05) is 19.9 Å². The third-order valence-electron chi connectivity index (χ3n) is 5.28. The molecule has 3 aromatic rings. The number of carboxylic acid groups (broad SMARTS) is 1. The molecule has 1 heterocycles. The van der Waals surface area contributed by atoms with Crippen molar-refractivity contribution in [1.82, 2.24) is 0 Å². The highest BCUT2D eigenvalue weighted by molar-refractivity contribution is 6.35. The Balaban J connectivity index is 1.68. The van der Waals surface area contributed by atoms with Crippen molar-refractivity contribution in [2.45, 2.75) is 13.8 Å². The van der Waals surface area contributed by atoms with E-state index in [1.165, 1.54) is 42.5 Å². The molecule has 3 aromatic carbocycles. The molecule has 4 rings (SSSR count). The number of hydrogen-bond donors (Lipinski definition) is 0. The maximum absolute atomic E-state index is 13.0. The van der Waals surface area contributed by atoms with E-state index in [0.29, 0.717) is 5.69 Å². The minimum absolute atomic E-state index is 0.0367. The van der Waals surface area contributed by atoms with E-state index in [1.54, 1.807) is 12.1 Å². The molecule has 30 heavy (non-hydrogen) atoms. The van der Waals surface area contributed by atoms with Crippen molar-refractivity contribution >= 4 is 29.3 Å². The highest BCUT2D eigenvalue weighted by Crippen LogP contribution is 2.30. The number of carbonyl (C=O) groups is 4. The number of aromatic carboxylic acids is 1. The molecule has 0 atom stereocenters. The van der Waals surface area contributed by atoms with E-state index >= 15 is 0 Å². The lowest BCUT2D eigenvalue weighted by Crippen LogP contribution is -2.29. The molecular formula is C24H16NO5-. The van der Waals surface area contributed by atoms with Crippen LogP contribution in [-0.2, 0) is 0 Å². The number of benzene rings is 3. The summed E-state index contributed by atoms with van der Waals surface area (Å²) in [5.41, 5.74) is 3.35. The fourth-order valence-corrected chi connectivity index (χ4v) is 3.41. The number of hydrogen-bond acceptors (Lipinski definition) is 5. The molecule has 0 saturated heterocycles. The van der Waals surface area contributed by atoms with Gasteiger partial charge in [-0.3, -0.25) is 14.4 Å². The number of ketones is 1. The van der Waals surface area contributed by atoms with Gasteiger partial charge in [-0.05, 0) is 54.8 Å². The molecule has 0 aliphatic carbocycles. The molecule has 148 valence electrons. The van der Waals surface area contributed by atoms with Gasteiger partial charge in [0.2, 0.25) is 0 Å². The number of carbonyl (C=O) groups excluding carboxylic acids is 4. The lowest BCUT2D eigenvalue weighted by molar-refractivity contribution is -0.255. The third-order valence-corrected chi connectivity index (χ3v) is 5.28. The summed E-state index contributed by atoms with van der Waals surface area (Å²) in [5.74, 6) is -2.63. The van der Waals surface area contributed by atoms with Crippen molar-refractivity contribution in [3.8, 4) is 0 Å². The molecule has 0 radical (unpaired) electrons.